The molecular weight excluding hydrogens is 296 g/mol. The fourth-order valence-corrected chi connectivity index (χ4v) is 2.22. The number of halogens is 3. The van der Waals surface area contributed by atoms with Crippen LogP contribution in [0.2, 0.25) is 15.1 Å². The van der Waals surface area contributed by atoms with E-state index in [0.29, 0.717) is 22.4 Å². The van der Waals surface area contributed by atoms with Crippen LogP contribution in [0.15, 0.2) is 29.2 Å². The smallest absolute Gasteiger partial charge is 0.255 e. The predicted octanol–water partition coefficient (Wildman–Crippen LogP) is 3.81. The third-order valence-electron chi connectivity index (χ3n) is 2.34. The SMILES string of the molecule is O=Cc1c[nH]c(=O)c(-c2cc(Cl)cc(Cl)c2Cl)c1. The summed E-state index contributed by atoms with van der Waals surface area (Å²) in [4.78, 5) is 24.9. The lowest BCUT2D eigenvalue weighted by Gasteiger charge is -2.06. The van der Waals surface area contributed by atoms with Gasteiger partial charge in [-0.05, 0) is 18.2 Å². The summed E-state index contributed by atoms with van der Waals surface area (Å²) >= 11 is 17.8. The van der Waals surface area contributed by atoms with Gasteiger partial charge in [-0.25, -0.2) is 0 Å². The van der Waals surface area contributed by atoms with E-state index in [-0.39, 0.29) is 21.2 Å². The number of rotatable bonds is 2. The maximum absolute atomic E-state index is 11.7. The van der Waals surface area contributed by atoms with Crippen LogP contribution in [0.1, 0.15) is 10.4 Å². The summed E-state index contributed by atoms with van der Waals surface area (Å²) in [7, 11) is 0. The second kappa shape index (κ2) is 5.14. The normalized spacial score (nSPS) is 10.4. The van der Waals surface area contributed by atoms with Gasteiger partial charge in [-0.3, -0.25) is 9.59 Å². The summed E-state index contributed by atoms with van der Waals surface area (Å²) in [5.41, 5.74) is 0.589. The van der Waals surface area contributed by atoms with Gasteiger partial charge in [-0.15, -0.1) is 0 Å². The molecule has 0 unspecified atom stereocenters. The molecule has 92 valence electrons. The zero-order valence-electron chi connectivity index (χ0n) is 8.84. The number of nitrogens with one attached hydrogen (secondary N) is 1. The van der Waals surface area contributed by atoms with Crippen molar-refractivity contribution in [3.63, 3.8) is 0 Å². The van der Waals surface area contributed by atoms with E-state index < -0.39 is 0 Å². The molecule has 0 aliphatic rings. The Morgan fingerprint density at radius 1 is 1.06 bits per heavy atom. The number of aromatic nitrogens is 1. The molecule has 0 fully saturated rings. The minimum atomic E-state index is -0.374. The van der Waals surface area contributed by atoms with E-state index in [4.69, 9.17) is 34.8 Å². The number of carbonyl (C=O) groups is 1. The molecule has 1 aromatic carbocycles. The van der Waals surface area contributed by atoms with E-state index in [2.05, 4.69) is 4.98 Å². The zero-order valence-corrected chi connectivity index (χ0v) is 11.1. The fraction of sp³-hybridized carbons (Fsp3) is 0. The summed E-state index contributed by atoms with van der Waals surface area (Å²) in [6.45, 7) is 0. The number of aldehydes is 1. The van der Waals surface area contributed by atoms with E-state index in [0.717, 1.165) is 0 Å². The minimum Gasteiger partial charge on any atom is -0.328 e. The maximum Gasteiger partial charge on any atom is 0.255 e. The van der Waals surface area contributed by atoms with Crippen LogP contribution in [-0.2, 0) is 0 Å². The van der Waals surface area contributed by atoms with E-state index in [1.54, 1.807) is 0 Å². The van der Waals surface area contributed by atoms with Crippen molar-refractivity contribution in [2.75, 3.05) is 0 Å². The lowest BCUT2D eigenvalue weighted by molar-refractivity contribution is 0.112. The highest BCUT2D eigenvalue weighted by atomic mass is 35.5. The van der Waals surface area contributed by atoms with Crippen LogP contribution >= 0.6 is 34.8 Å². The van der Waals surface area contributed by atoms with Gasteiger partial charge >= 0.3 is 0 Å². The Morgan fingerprint density at radius 2 is 1.78 bits per heavy atom. The Morgan fingerprint density at radius 3 is 2.44 bits per heavy atom. The lowest BCUT2D eigenvalue weighted by Crippen LogP contribution is -2.09. The Labute approximate surface area is 117 Å². The van der Waals surface area contributed by atoms with Gasteiger partial charge in [0.15, 0.2) is 6.29 Å². The summed E-state index contributed by atoms with van der Waals surface area (Å²) in [6, 6.07) is 4.43. The van der Waals surface area contributed by atoms with E-state index in [1.807, 2.05) is 0 Å². The molecular formula is C12H6Cl3NO2. The molecule has 1 heterocycles. The molecule has 18 heavy (non-hydrogen) atoms. The molecule has 2 rings (SSSR count). The van der Waals surface area contributed by atoms with Crippen LogP contribution in [0, 0.1) is 0 Å². The average Bonchev–Trinajstić information content (AvgIpc) is 2.34. The topological polar surface area (TPSA) is 49.9 Å². The Kier molecular flexibility index (Phi) is 3.76. The second-order valence-corrected chi connectivity index (χ2v) is 4.76. The third kappa shape index (κ3) is 2.43. The van der Waals surface area contributed by atoms with Crippen LogP contribution in [0.5, 0.6) is 0 Å². The van der Waals surface area contributed by atoms with Gasteiger partial charge < -0.3 is 4.98 Å². The molecule has 0 aliphatic heterocycles. The number of aromatic amines is 1. The maximum atomic E-state index is 11.7. The molecule has 0 spiro atoms. The second-order valence-electron chi connectivity index (χ2n) is 3.54. The monoisotopic (exact) mass is 301 g/mol. The van der Waals surface area contributed by atoms with Gasteiger partial charge in [0.2, 0.25) is 0 Å². The highest BCUT2D eigenvalue weighted by molar-refractivity contribution is 6.45. The van der Waals surface area contributed by atoms with Crippen molar-refractivity contribution in [1.82, 2.24) is 4.98 Å². The Hall–Kier alpha value is -1.29. The van der Waals surface area contributed by atoms with E-state index in [9.17, 15) is 9.59 Å². The van der Waals surface area contributed by atoms with Gasteiger partial charge in [0, 0.05) is 27.9 Å². The van der Waals surface area contributed by atoms with Gasteiger partial charge in [-0.2, -0.15) is 0 Å². The average molecular weight is 303 g/mol. The van der Waals surface area contributed by atoms with Crippen molar-refractivity contribution in [2.24, 2.45) is 0 Å². The summed E-state index contributed by atoms with van der Waals surface area (Å²) in [5, 5.41) is 0.819. The molecule has 2 aromatic rings. The molecule has 0 bridgehead atoms. The first-order chi connectivity index (χ1) is 8.52. The number of H-pyrrole nitrogens is 1. The third-order valence-corrected chi connectivity index (χ3v) is 3.37. The van der Waals surface area contributed by atoms with Gasteiger partial charge in [0.05, 0.1) is 10.0 Å². The van der Waals surface area contributed by atoms with Crippen molar-refractivity contribution in [3.8, 4) is 11.1 Å². The fourth-order valence-electron chi connectivity index (χ4n) is 1.52. The molecule has 3 nitrogen and oxygen atoms in total. The first kappa shape index (κ1) is 13.1. The summed E-state index contributed by atoms with van der Waals surface area (Å²) in [6.07, 6.45) is 1.94. The van der Waals surface area contributed by atoms with E-state index in [1.165, 1.54) is 24.4 Å². The molecule has 0 saturated carbocycles. The molecule has 1 aromatic heterocycles. The predicted molar refractivity (Wildman–Crippen MR) is 72.9 cm³/mol. The van der Waals surface area contributed by atoms with Crippen molar-refractivity contribution in [1.29, 1.82) is 0 Å². The minimum absolute atomic E-state index is 0.217. The number of benzene rings is 1. The number of hydrogen-bond acceptors (Lipinski definition) is 2. The standard InChI is InChI=1S/C12H6Cl3NO2/c13-7-2-8(11(15)10(14)3-7)9-1-6(5-17)4-16-12(9)18/h1-5H,(H,16,18). The molecule has 6 heteroatoms. The van der Waals surface area contributed by atoms with Gasteiger partial charge in [0.1, 0.15) is 0 Å². The highest BCUT2D eigenvalue weighted by Gasteiger charge is 2.12. The van der Waals surface area contributed by atoms with Gasteiger partial charge in [0.25, 0.3) is 5.56 Å². The molecule has 0 radical (unpaired) electrons. The van der Waals surface area contributed by atoms with Crippen molar-refractivity contribution >= 4 is 41.1 Å². The van der Waals surface area contributed by atoms with Crippen LogP contribution in [-0.4, -0.2) is 11.3 Å². The van der Waals surface area contributed by atoms with Crippen molar-refractivity contribution in [3.05, 3.63) is 55.4 Å². The first-order valence-corrected chi connectivity index (χ1v) is 5.99. The highest BCUT2D eigenvalue weighted by Crippen LogP contribution is 2.35. The largest absolute Gasteiger partial charge is 0.328 e. The van der Waals surface area contributed by atoms with Crippen molar-refractivity contribution < 1.29 is 4.79 Å². The number of carbonyl (C=O) groups excluding carboxylic acids is 1. The molecule has 0 amide bonds. The lowest BCUT2D eigenvalue weighted by atomic mass is 10.1. The Bertz CT molecular complexity index is 680. The molecule has 0 atom stereocenters. The summed E-state index contributed by atoms with van der Waals surface area (Å²) < 4.78 is 0. The van der Waals surface area contributed by atoms with Crippen LogP contribution < -0.4 is 5.56 Å². The van der Waals surface area contributed by atoms with Crippen LogP contribution in [0.3, 0.4) is 0 Å². The zero-order chi connectivity index (χ0) is 13.3. The number of pyridine rings is 1. The van der Waals surface area contributed by atoms with E-state index >= 15 is 0 Å². The molecule has 1 N–H and O–H groups in total. The Balaban J connectivity index is 2.76. The summed E-state index contributed by atoms with van der Waals surface area (Å²) in [5.74, 6) is 0. The molecule has 0 saturated heterocycles. The van der Waals surface area contributed by atoms with Crippen LogP contribution in [0.4, 0.5) is 0 Å². The quantitative estimate of drug-likeness (QED) is 0.677. The van der Waals surface area contributed by atoms with Crippen molar-refractivity contribution in [2.45, 2.75) is 0 Å². The van der Waals surface area contributed by atoms with Crippen LogP contribution in [0.25, 0.3) is 11.1 Å². The molecule has 0 aliphatic carbocycles. The number of hydrogen-bond donors (Lipinski definition) is 1. The first-order valence-electron chi connectivity index (χ1n) is 4.85. The van der Waals surface area contributed by atoms with Gasteiger partial charge in [-0.1, -0.05) is 34.8 Å².